The molecule has 1 saturated heterocycles. The van der Waals surface area contributed by atoms with Crippen LogP contribution in [0.1, 0.15) is 11.3 Å². The van der Waals surface area contributed by atoms with Crippen LogP contribution in [0.4, 0.5) is 5.13 Å². The molecular formula is C9H12N2O2S. The van der Waals surface area contributed by atoms with E-state index in [-0.39, 0.29) is 5.91 Å². The zero-order valence-corrected chi connectivity index (χ0v) is 8.76. The molecule has 14 heavy (non-hydrogen) atoms. The lowest BCUT2D eigenvalue weighted by Gasteiger charge is -2.24. The van der Waals surface area contributed by atoms with Crippen molar-refractivity contribution in [1.29, 1.82) is 0 Å². The van der Waals surface area contributed by atoms with Gasteiger partial charge in [0.2, 0.25) is 5.91 Å². The molecule has 76 valence electrons. The Morgan fingerprint density at radius 2 is 2.57 bits per heavy atom. The van der Waals surface area contributed by atoms with Crippen LogP contribution in [0.25, 0.3) is 0 Å². The summed E-state index contributed by atoms with van der Waals surface area (Å²) in [4.78, 5) is 16.6. The van der Waals surface area contributed by atoms with E-state index in [4.69, 9.17) is 4.74 Å². The maximum Gasteiger partial charge on any atom is 0.226 e. The van der Waals surface area contributed by atoms with Gasteiger partial charge < -0.3 is 10.1 Å². The predicted octanol–water partition coefficient (Wildman–Crippen LogP) is 1.43. The molecule has 0 aromatic carbocycles. The lowest BCUT2D eigenvalue weighted by atomic mass is 10.0. The van der Waals surface area contributed by atoms with Crippen LogP contribution in [0.15, 0.2) is 6.20 Å². The van der Waals surface area contributed by atoms with Gasteiger partial charge in [-0.1, -0.05) is 0 Å². The maximum atomic E-state index is 11.4. The van der Waals surface area contributed by atoms with Gasteiger partial charge in [-0.05, 0) is 6.92 Å². The van der Waals surface area contributed by atoms with E-state index in [9.17, 15) is 4.79 Å². The van der Waals surface area contributed by atoms with E-state index in [0.717, 1.165) is 4.88 Å². The summed E-state index contributed by atoms with van der Waals surface area (Å²) in [6.45, 7) is 3.39. The number of nitrogens with one attached hydrogen (secondary N) is 1. The predicted molar refractivity (Wildman–Crippen MR) is 54.4 cm³/mol. The molecule has 1 aromatic rings. The molecule has 1 aliphatic rings. The van der Waals surface area contributed by atoms with Gasteiger partial charge in [-0.15, -0.1) is 11.3 Å². The third kappa shape index (κ3) is 2.30. The zero-order chi connectivity index (χ0) is 9.97. The van der Waals surface area contributed by atoms with Crippen molar-refractivity contribution in [3.05, 3.63) is 11.1 Å². The summed E-state index contributed by atoms with van der Waals surface area (Å²) < 4.78 is 5.00. The summed E-state index contributed by atoms with van der Waals surface area (Å²) in [7, 11) is 0. The van der Waals surface area contributed by atoms with Crippen LogP contribution in [0, 0.1) is 12.8 Å². The smallest absolute Gasteiger partial charge is 0.226 e. The summed E-state index contributed by atoms with van der Waals surface area (Å²) in [6.07, 6.45) is 2.30. The Kier molecular flexibility index (Phi) is 2.79. The molecular weight excluding hydrogens is 200 g/mol. The second-order valence-corrected chi connectivity index (χ2v) is 4.67. The standard InChI is InChI=1S/C9H12N2O2S/c1-6-3-10-9(14-6)11-8(12)2-7-4-13-5-7/h3,7H,2,4-5H2,1H3,(H,10,11,12). The van der Waals surface area contributed by atoms with Crippen LogP contribution in [0.5, 0.6) is 0 Å². The molecule has 1 amide bonds. The molecule has 0 spiro atoms. The van der Waals surface area contributed by atoms with Gasteiger partial charge >= 0.3 is 0 Å². The lowest BCUT2D eigenvalue weighted by Crippen LogP contribution is -2.31. The number of anilines is 1. The van der Waals surface area contributed by atoms with Crippen molar-refractivity contribution in [2.24, 2.45) is 5.92 Å². The Bertz CT molecular complexity index is 333. The van der Waals surface area contributed by atoms with Gasteiger partial charge in [0.15, 0.2) is 5.13 Å². The van der Waals surface area contributed by atoms with E-state index in [1.807, 2.05) is 6.92 Å². The van der Waals surface area contributed by atoms with Crippen LogP contribution < -0.4 is 5.32 Å². The Morgan fingerprint density at radius 1 is 1.79 bits per heavy atom. The molecule has 0 unspecified atom stereocenters. The summed E-state index contributed by atoms with van der Waals surface area (Å²) in [5, 5.41) is 3.46. The number of aryl methyl sites for hydroxylation is 1. The van der Waals surface area contributed by atoms with Crippen LogP contribution in [0.2, 0.25) is 0 Å². The molecule has 2 rings (SSSR count). The van der Waals surface area contributed by atoms with Crippen molar-refractivity contribution in [3.8, 4) is 0 Å². The van der Waals surface area contributed by atoms with Crippen molar-refractivity contribution in [2.45, 2.75) is 13.3 Å². The Morgan fingerprint density at radius 3 is 3.07 bits per heavy atom. The second kappa shape index (κ2) is 4.06. The molecule has 0 saturated carbocycles. The molecule has 0 aliphatic carbocycles. The number of rotatable bonds is 3. The summed E-state index contributed by atoms with van der Waals surface area (Å²) in [6, 6.07) is 0. The normalized spacial score (nSPS) is 16.4. The first-order valence-electron chi connectivity index (χ1n) is 4.54. The van der Waals surface area contributed by atoms with Crippen molar-refractivity contribution < 1.29 is 9.53 Å². The van der Waals surface area contributed by atoms with Gasteiger partial charge in [-0.25, -0.2) is 4.98 Å². The molecule has 4 nitrogen and oxygen atoms in total. The Hall–Kier alpha value is -0.940. The first-order chi connectivity index (χ1) is 6.74. The van der Waals surface area contributed by atoms with Gasteiger partial charge in [0.25, 0.3) is 0 Å². The molecule has 1 fully saturated rings. The summed E-state index contributed by atoms with van der Waals surface area (Å²) >= 11 is 1.49. The topological polar surface area (TPSA) is 51.2 Å². The molecule has 1 aliphatic heterocycles. The molecule has 0 bridgehead atoms. The van der Waals surface area contributed by atoms with Crippen LogP contribution in [-0.2, 0) is 9.53 Å². The van der Waals surface area contributed by atoms with Gasteiger partial charge in [-0.3, -0.25) is 4.79 Å². The van der Waals surface area contributed by atoms with Gasteiger partial charge in [0, 0.05) is 23.4 Å². The minimum atomic E-state index is 0.0349. The minimum Gasteiger partial charge on any atom is -0.381 e. The summed E-state index contributed by atoms with van der Waals surface area (Å²) in [5.41, 5.74) is 0. The lowest BCUT2D eigenvalue weighted by molar-refractivity contribution is -0.121. The molecule has 1 aromatic heterocycles. The third-order valence-corrected chi connectivity index (χ3v) is 2.88. The average molecular weight is 212 g/mol. The second-order valence-electron chi connectivity index (χ2n) is 3.43. The van der Waals surface area contributed by atoms with E-state index in [0.29, 0.717) is 30.7 Å². The van der Waals surface area contributed by atoms with Gasteiger partial charge in [-0.2, -0.15) is 0 Å². The largest absolute Gasteiger partial charge is 0.381 e. The fourth-order valence-electron chi connectivity index (χ4n) is 1.25. The maximum absolute atomic E-state index is 11.4. The fraction of sp³-hybridized carbons (Fsp3) is 0.556. The number of ether oxygens (including phenoxy) is 1. The van der Waals surface area contributed by atoms with E-state index >= 15 is 0 Å². The summed E-state index contributed by atoms with van der Waals surface area (Å²) in [5.74, 6) is 0.434. The zero-order valence-electron chi connectivity index (χ0n) is 7.95. The number of amides is 1. The number of thiazole rings is 1. The van der Waals surface area contributed by atoms with Crippen molar-refractivity contribution >= 4 is 22.4 Å². The first-order valence-corrected chi connectivity index (χ1v) is 5.35. The highest BCUT2D eigenvalue weighted by Gasteiger charge is 2.21. The number of hydrogen-bond acceptors (Lipinski definition) is 4. The molecule has 1 N–H and O–H groups in total. The van der Waals surface area contributed by atoms with Crippen LogP contribution in [-0.4, -0.2) is 24.1 Å². The van der Waals surface area contributed by atoms with Gasteiger partial charge in [0.1, 0.15) is 0 Å². The highest BCUT2D eigenvalue weighted by Crippen LogP contribution is 2.19. The monoisotopic (exact) mass is 212 g/mol. The van der Waals surface area contributed by atoms with E-state index < -0.39 is 0 Å². The van der Waals surface area contributed by atoms with E-state index in [2.05, 4.69) is 10.3 Å². The van der Waals surface area contributed by atoms with E-state index in [1.165, 1.54) is 11.3 Å². The molecule has 0 atom stereocenters. The highest BCUT2D eigenvalue weighted by molar-refractivity contribution is 7.15. The average Bonchev–Trinajstić information content (AvgIpc) is 2.44. The molecule has 5 heteroatoms. The number of hydrogen-bond donors (Lipinski definition) is 1. The SMILES string of the molecule is Cc1cnc(NC(=O)CC2COC2)s1. The van der Waals surface area contributed by atoms with Crippen molar-refractivity contribution in [1.82, 2.24) is 4.98 Å². The first kappa shape index (κ1) is 9.61. The molecule has 0 radical (unpaired) electrons. The number of carbonyl (C=O) groups is 1. The fourth-order valence-corrected chi connectivity index (χ4v) is 1.93. The van der Waals surface area contributed by atoms with Crippen LogP contribution >= 0.6 is 11.3 Å². The van der Waals surface area contributed by atoms with Gasteiger partial charge in [0.05, 0.1) is 13.2 Å². The Labute approximate surface area is 86.3 Å². The minimum absolute atomic E-state index is 0.0349. The molecule has 2 heterocycles. The van der Waals surface area contributed by atoms with E-state index in [1.54, 1.807) is 6.20 Å². The third-order valence-electron chi connectivity index (χ3n) is 2.05. The quantitative estimate of drug-likeness (QED) is 0.824. The van der Waals surface area contributed by atoms with Crippen molar-refractivity contribution in [2.75, 3.05) is 18.5 Å². The number of nitrogens with zero attached hydrogens (tertiary/aromatic N) is 1. The highest BCUT2D eigenvalue weighted by atomic mass is 32.1. The Balaban J connectivity index is 1.81. The van der Waals surface area contributed by atoms with Crippen molar-refractivity contribution in [3.63, 3.8) is 0 Å². The number of aromatic nitrogens is 1. The van der Waals surface area contributed by atoms with Crippen LogP contribution in [0.3, 0.4) is 0 Å². The number of carbonyl (C=O) groups excluding carboxylic acids is 1.